The summed E-state index contributed by atoms with van der Waals surface area (Å²) in [5.41, 5.74) is -0.135. The molecule has 0 aliphatic carbocycles. The highest BCUT2D eigenvalue weighted by Crippen LogP contribution is 2.22. The number of Topliss-reactive ketones (excluding diaryl/α,β-unsaturated/α-hetero) is 2. The van der Waals surface area contributed by atoms with Gasteiger partial charge >= 0.3 is 5.97 Å². The summed E-state index contributed by atoms with van der Waals surface area (Å²) in [6, 6.07) is 0. The minimum absolute atomic E-state index is 0.0328. The molecule has 0 saturated heterocycles. The Labute approximate surface area is 115 Å². The number of ether oxygens (including phenoxy) is 1. The second-order valence-electron chi connectivity index (χ2n) is 6.00. The van der Waals surface area contributed by atoms with Crippen molar-refractivity contribution in [1.29, 1.82) is 0 Å². The lowest BCUT2D eigenvalue weighted by molar-refractivity contribution is -0.153. The summed E-state index contributed by atoms with van der Waals surface area (Å²) >= 11 is 0. The van der Waals surface area contributed by atoms with Crippen molar-refractivity contribution in [2.75, 3.05) is 6.61 Å². The van der Waals surface area contributed by atoms with Crippen molar-refractivity contribution in [2.45, 2.75) is 60.3 Å². The van der Waals surface area contributed by atoms with Crippen LogP contribution in [0.1, 0.15) is 60.3 Å². The van der Waals surface area contributed by atoms with Crippen molar-refractivity contribution in [3.8, 4) is 0 Å². The van der Waals surface area contributed by atoms with Crippen molar-refractivity contribution >= 4 is 17.5 Å². The van der Waals surface area contributed by atoms with Crippen LogP contribution >= 0.6 is 0 Å². The molecule has 0 N–H and O–H groups in total. The first-order chi connectivity index (χ1) is 8.71. The summed E-state index contributed by atoms with van der Waals surface area (Å²) in [6.07, 6.45) is 1.31. The van der Waals surface area contributed by atoms with E-state index < -0.39 is 11.9 Å². The van der Waals surface area contributed by atoms with E-state index >= 15 is 0 Å². The van der Waals surface area contributed by atoms with Gasteiger partial charge in [0, 0.05) is 19.3 Å². The summed E-state index contributed by atoms with van der Waals surface area (Å²) < 4.78 is 4.89. The molecule has 0 bridgehead atoms. The molecule has 0 heterocycles. The molecule has 0 aliphatic rings. The Morgan fingerprint density at radius 2 is 1.68 bits per heavy atom. The highest BCUT2D eigenvalue weighted by molar-refractivity contribution is 6.02. The average Bonchev–Trinajstić information content (AvgIpc) is 2.24. The third kappa shape index (κ3) is 7.75. The number of ketones is 2. The van der Waals surface area contributed by atoms with Gasteiger partial charge in [0.25, 0.3) is 0 Å². The van der Waals surface area contributed by atoms with Crippen LogP contribution in [-0.2, 0) is 19.1 Å². The number of hydrogen-bond donors (Lipinski definition) is 0. The van der Waals surface area contributed by atoms with Crippen LogP contribution in [0.2, 0.25) is 0 Å². The number of carbonyl (C=O) groups excluding carboxylic acids is 3. The number of carbonyl (C=O) groups is 3. The molecule has 1 atom stereocenters. The van der Waals surface area contributed by atoms with E-state index in [0.717, 1.165) is 0 Å². The molecule has 1 unspecified atom stereocenters. The lowest BCUT2D eigenvalue weighted by Crippen LogP contribution is -2.29. The Morgan fingerprint density at radius 1 is 1.11 bits per heavy atom. The van der Waals surface area contributed by atoms with Gasteiger partial charge in [-0.1, -0.05) is 27.7 Å². The molecule has 0 amide bonds. The number of rotatable bonds is 8. The largest absolute Gasteiger partial charge is 0.465 e. The predicted molar refractivity (Wildman–Crippen MR) is 73.7 cm³/mol. The van der Waals surface area contributed by atoms with Gasteiger partial charge in [0.05, 0.1) is 6.61 Å². The summed E-state index contributed by atoms with van der Waals surface area (Å²) in [7, 11) is 0. The van der Waals surface area contributed by atoms with Gasteiger partial charge in [0.2, 0.25) is 0 Å². The molecule has 110 valence electrons. The Hall–Kier alpha value is -1.19. The van der Waals surface area contributed by atoms with Crippen LogP contribution in [0.4, 0.5) is 0 Å². The van der Waals surface area contributed by atoms with Crippen LogP contribution in [-0.4, -0.2) is 24.1 Å². The Morgan fingerprint density at radius 3 is 2.11 bits per heavy atom. The van der Waals surface area contributed by atoms with Crippen molar-refractivity contribution in [2.24, 2.45) is 11.3 Å². The summed E-state index contributed by atoms with van der Waals surface area (Å²) in [6.45, 7) is 9.66. The van der Waals surface area contributed by atoms with Crippen LogP contribution in [0.5, 0.6) is 0 Å². The molecule has 4 heteroatoms. The fourth-order valence-corrected chi connectivity index (χ4v) is 1.88. The maximum Gasteiger partial charge on any atom is 0.316 e. The summed E-state index contributed by atoms with van der Waals surface area (Å²) in [5.74, 6) is -1.74. The molecular formula is C15H26O4. The van der Waals surface area contributed by atoms with Crippen molar-refractivity contribution in [3.63, 3.8) is 0 Å². The third-order valence-electron chi connectivity index (χ3n) is 2.62. The van der Waals surface area contributed by atoms with Crippen molar-refractivity contribution < 1.29 is 19.1 Å². The molecule has 0 radical (unpaired) electrons. The summed E-state index contributed by atoms with van der Waals surface area (Å²) in [5, 5.41) is 0. The van der Waals surface area contributed by atoms with Crippen molar-refractivity contribution in [1.82, 2.24) is 0 Å². The molecule has 4 nitrogen and oxygen atoms in total. The predicted octanol–water partition coefficient (Wildman–Crippen LogP) is 2.93. The van der Waals surface area contributed by atoms with E-state index in [1.807, 2.05) is 27.7 Å². The first kappa shape index (κ1) is 17.8. The van der Waals surface area contributed by atoms with E-state index in [-0.39, 0.29) is 30.0 Å². The third-order valence-corrected chi connectivity index (χ3v) is 2.62. The van der Waals surface area contributed by atoms with Gasteiger partial charge in [-0.15, -0.1) is 0 Å². The van der Waals surface area contributed by atoms with Crippen LogP contribution in [0.15, 0.2) is 0 Å². The van der Waals surface area contributed by atoms with E-state index in [1.165, 1.54) is 0 Å². The van der Waals surface area contributed by atoms with Crippen molar-refractivity contribution in [3.05, 3.63) is 0 Å². The lowest BCUT2D eigenvalue weighted by Gasteiger charge is -2.19. The molecule has 0 rings (SSSR count). The lowest BCUT2D eigenvalue weighted by atomic mass is 9.85. The van der Waals surface area contributed by atoms with Gasteiger partial charge in [0.15, 0.2) is 0 Å². The van der Waals surface area contributed by atoms with E-state index in [4.69, 9.17) is 4.74 Å². The first-order valence-corrected chi connectivity index (χ1v) is 6.92. The molecule has 0 aliphatic heterocycles. The number of esters is 1. The number of hydrogen-bond acceptors (Lipinski definition) is 4. The maximum atomic E-state index is 11.9. The molecular weight excluding hydrogens is 244 g/mol. The topological polar surface area (TPSA) is 60.4 Å². The Kier molecular flexibility index (Phi) is 7.57. The molecule has 0 aromatic carbocycles. The molecule has 0 aromatic rings. The van der Waals surface area contributed by atoms with Gasteiger partial charge < -0.3 is 4.74 Å². The quantitative estimate of drug-likeness (QED) is 0.502. The Balaban J connectivity index is 4.71. The van der Waals surface area contributed by atoms with Crippen LogP contribution in [0.3, 0.4) is 0 Å². The van der Waals surface area contributed by atoms with E-state index in [9.17, 15) is 14.4 Å². The minimum Gasteiger partial charge on any atom is -0.465 e. The maximum absolute atomic E-state index is 11.9. The average molecular weight is 270 g/mol. The normalized spacial score (nSPS) is 12.9. The van der Waals surface area contributed by atoms with Crippen LogP contribution in [0.25, 0.3) is 0 Å². The zero-order valence-electron chi connectivity index (χ0n) is 12.7. The second kappa shape index (κ2) is 8.08. The minimum atomic E-state index is -0.922. The van der Waals surface area contributed by atoms with Gasteiger partial charge in [-0.3, -0.25) is 14.4 Å². The first-order valence-electron chi connectivity index (χ1n) is 6.92. The highest BCUT2D eigenvalue weighted by Gasteiger charge is 2.30. The SMILES string of the molecule is CCCC(=O)C(CC(=O)CC(C)(C)C)C(=O)OCC. The zero-order valence-corrected chi connectivity index (χ0v) is 12.7. The van der Waals surface area contributed by atoms with Gasteiger partial charge in [-0.25, -0.2) is 0 Å². The van der Waals surface area contributed by atoms with Gasteiger partial charge in [0.1, 0.15) is 17.5 Å². The fraction of sp³-hybridized carbons (Fsp3) is 0.800. The van der Waals surface area contributed by atoms with Gasteiger partial charge in [-0.2, -0.15) is 0 Å². The van der Waals surface area contributed by atoms with Gasteiger partial charge in [-0.05, 0) is 18.8 Å². The Bertz CT molecular complexity index is 308. The van der Waals surface area contributed by atoms with E-state index in [1.54, 1.807) is 6.92 Å². The second-order valence-corrected chi connectivity index (χ2v) is 6.00. The molecule has 0 aromatic heterocycles. The van der Waals surface area contributed by atoms with E-state index in [2.05, 4.69) is 0 Å². The highest BCUT2D eigenvalue weighted by atomic mass is 16.5. The molecule has 19 heavy (non-hydrogen) atoms. The molecule has 0 fully saturated rings. The smallest absolute Gasteiger partial charge is 0.316 e. The van der Waals surface area contributed by atoms with Crippen LogP contribution < -0.4 is 0 Å². The standard InChI is InChI=1S/C15H26O4/c1-6-8-13(17)12(14(18)19-7-2)9-11(16)10-15(3,4)5/h12H,6-10H2,1-5H3. The van der Waals surface area contributed by atoms with E-state index in [0.29, 0.717) is 19.3 Å². The monoisotopic (exact) mass is 270 g/mol. The molecule has 0 spiro atoms. The fourth-order valence-electron chi connectivity index (χ4n) is 1.88. The zero-order chi connectivity index (χ0) is 15.1. The van der Waals surface area contributed by atoms with Crippen LogP contribution in [0, 0.1) is 11.3 Å². The molecule has 0 saturated carbocycles. The summed E-state index contributed by atoms with van der Waals surface area (Å²) in [4.78, 5) is 35.6.